The first-order valence-corrected chi connectivity index (χ1v) is 12.3. The number of aromatic nitrogens is 5. The summed E-state index contributed by atoms with van der Waals surface area (Å²) in [6, 6.07) is 12.5. The molecule has 188 valence electrons. The van der Waals surface area contributed by atoms with Crippen LogP contribution in [0.25, 0.3) is 22.2 Å². The zero-order valence-corrected chi connectivity index (χ0v) is 21.1. The summed E-state index contributed by atoms with van der Waals surface area (Å²) >= 11 is 0. The first-order valence-electron chi connectivity index (χ1n) is 12.3. The molecule has 0 fully saturated rings. The van der Waals surface area contributed by atoms with Gasteiger partial charge < -0.3 is 9.30 Å². The van der Waals surface area contributed by atoms with Gasteiger partial charge in [-0.1, -0.05) is 25.5 Å². The van der Waals surface area contributed by atoms with E-state index in [1.807, 2.05) is 44.3 Å². The zero-order valence-electron chi connectivity index (χ0n) is 21.1. The van der Waals surface area contributed by atoms with E-state index in [-0.39, 0.29) is 13.2 Å². The van der Waals surface area contributed by atoms with Crippen LogP contribution in [0.2, 0.25) is 0 Å². The van der Waals surface area contributed by atoms with Crippen molar-refractivity contribution in [2.75, 3.05) is 0 Å². The van der Waals surface area contributed by atoms with Crippen LogP contribution in [0.4, 0.5) is 4.39 Å². The molecule has 0 saturated heterocycles. The monoisotopic (exact) mass is 497 g/mol. The van der Waals surface area contributed by atoms with Crippen molar-refractivity contribution in [3.05, 3.63) is 105 Å². The Morgan fingerprint density at radius 1 is 1.14 bits per heavy atom. The number of benzene rings is 1. The number of nitrogens with zero attached hydrogens (tertiary/aromatic N) is 4. The van der Waals surface area contributed by atoms with Gasteiger partial charge in [0.25, 0.3) is 5.56 Å². The third-order valence-electron chi connectivity index (χ3n) is 6.48. The molecule has 1 aromatic carbocycles. The van der Waals surface area contributed by atoms with Gasteiger partial charge in [0.1, 0.15) is 17.9 Å². The van der Waals surface area contributed by atoms with Gasteiger partial charge in [0, 0.05) is 34.6 Å². The standard InChI is InChI=1S/C29H28FN5O2/c1-4-7-20-15-32-34-27(20)22-14-19(3)33-28-21(22)8-5-10-26(28)37-17-23-18(2)11-12-31-25(23)16-35-13-6-9-24(30)29(35)36/h5-6,8-15H,4,7,16-17H2,1-3H3,(H,32,34). The summed E-state index contributed by atoms with van der Waals surface area (Å²) < 4.78 is 21.5. The van der Waals surface area contributed by atoms with Gasteiger partial charge in [0.15, 0.2) is 5.82 Å². The molecule has 0 bridgehead atoms. The Hall–Kier alpha value is -4.33. The van der Waals surface area contributed by atoms with Crippen LogP contribution in [-0.2, 0) is 19.6 Å². The fraction of sp³-hybridized carbons (Fsp3) is 0.241. The molecule has 0 amide bonds. The van der Waals surface area contributed by atoms with Gasteiger partial charge in [0.05, 0.1) is 24.1 Å². The van der Waals surface area contributed by atoms with Crippen LogP contribution in [-0.4, -0.2) is 24.7 Å². The molecule has 0 aliphatic heterocycles. The van der Waals surface area contributed by atoms with Crippen LogP contribution in [0.15, 0.2) is 65.8 Å². The lowest BCUT2D eigenvalue weighted by Gasteiger charge is -2.16. The quantitative estimate of drug-likeness (QED) is 0.305. The molecule has 1 N–H and O–H groups in total. The third kappa shape index (κ3) is 4.87. The second-order valence-corrected chi connectivity index (χ2v) is 9.11. The van der Waals surface area contributed by atoms with E-state index < -0.39 is 11.4 Å². The van der Waals surface area contributed by atoms with Crippen molar-refractivity contribution in [1.29, 1.82) is 0 Å². The average molecular weight is 498 g/mol. The lowest BCUT2D eigenvalue weighted by Crippen LogP contribution is -2.23. The SMILES string of the molecule is CCCc1cn[nH]c1-c1cc(C)nc2c(OCc3c(C)ccnc3Cn3cccc(F)c3=O)cccc12. The second-order valence-electron chi connectivity index (χ2n) is 9.11. The van der Waals surface area contributed by atoms with Crippen molar-refractivity contribution in [1.82, 2.24) is 24.7 Å². The number of hydrogen-bond donors (Lipinski definition) is 1. The summed E-state index contributed by atoms with van der Waals surface area (Å²) in [5, 5.41) is 8.43. The molecule has 5 rings (SSSR count). The number of aromatic amines is 1. The number of pyridine rings is 3. The molecular weight excluding hydrogens is 469 g/mol. The molecule has 8 heteroatoms. The Labute approximate surface area is 214 Å². The molecule has 0 radical (unpaired) electrons. The van der Waals surface area contributed by atoms with Gasteiger partial charge in [-0.25, -0.2) is 9.37 Å². The molecule has 0 unspecified atom stereocenters. The molecule has 7 nitrogen and oxygen atoms in total. The highest BCUT2D eigenvalue weighted by molar-refractivity contribution is 5.97. The fourth-order valence-electron chi connectivity index (χ4n) is 4.60. The van der Waals surface area contributed by atoms with E-state index in [0.29, 0.717) is 11.4 Å². The van der Waals surface area contributed by atoms with Gasteiger partial charge in [0.2, 0.25) is 0 Å². The Morgan fingerprint density at radius 3 is 2.84 bits per heavy atom. The summed E-state index contributed by atoms with van der Waals surface area (Å²) in [6.07, 6.45) is 7.09. The Morgan fingerprint density at radius 2 is 2.00 bits per heavy atom. The smallest absolute Gasteiger partial charge is 0.286 e. The van der Waals surface area contributed by atoms with Crippen LogP contribution >= 0.6 is 0 Å². The summed E-state index contributed by atoms with van der Waals surface area (Å²) in [6.45, 7) is 6.46. The normalized spacial score (nSPS) is 11.2. The second kappa shape index (κ2) is 10.3. The highest BCUT2D eigenvalue weighted by Gasteiger charge is 2.16. The number of aryl methyl sites for hydroxylation is 3. The maximum atomic E-state index is 13.8. The zero-order chi connectivity index (χ0) is 25.9. The Bertz CT molecular complexity index is 1640. The van der Waals surface area contributed by atoms with Crippen LogP contribution in [0.1, 0.15) is 41.4 Å². The van der Waals surface area contributed by atoms with Crippen molar-refractivity contribution in [3.8, 4) is 17.0 Å². The van der Waals surface area contributed by atoms with E-state index in [1.54, 1.807) is 12.4 Å². The minimum absolute atomic E-state index is 0.147. The number of fused-ring (bicyclic) bond motifs is 1. The molecular formula is C29H28FN5O2. The summed E-state index contributed by atoms with van der Waals surface area (Å²) in [5.74, 6) is -0.142. The van der Waals surface area contributed by atoms with E-state index in [0.717, 1.165) is 57.9 Å². The molecule has 0 saturated carbocycles. The lowest BCUT2D eigenvalue weighted by atomic mass is 10.00. The lowest BCUT2D eigenvalue weighted by molar-refractivity contribution is 0.306. The van der Waals surface area contributed by atoms with E-state index in [4.69, 9.17) is 9.72 Å². The number of para-hydroxylation sites is 1. The minimum Gasteiger partial charge on any atom is -0.487 e. The molecule has 5 aromatic rings. The molecule has 0 spiro atoms. The molecule has 4 aromatic heterocycles. The number of rotatable bonds is 8. The largest absolute Gasteiger partial charge is 0.487 e. The maximum Gasteiger partial charge on any atom is 0.286 e. The highest BCUT2D eigenvalue weighted by atomic mass is 19.1. The van der Waals surface area contributed by atoms with Crippen molar-refractivity contribution >= 4 is 10.9 Å². The Kier molecular flexibility index (Phi) is 6.81. The van der Waals surface area contributed by atoms with Crippen LogP contribution in [0, 0.1) is 19.7 Å². The summed E-state index contributed by atoms with van der Waals surface area (Å²) in [4.78, 5) is 21.5. The van der Waals surface area contributed by atoms with E-state index in [1.165, 1.54) is 16.2 Å². The summed E-state index contributed by atoms with van der Waals surface area (Å²) in [5.41, 5.74) is 6.64. The van der Waals surface area contributed by atoms with Gasteiger partial charge in [-0.05, 0) is 61.7 Å². The first-order chi connectivity index (χ1) is 18.0. The fourth-order valence-corrected chi connectivity index (χ4v) is 4.60. The highest BCUT2D eigenvalue weighted by Crippen LogP contribution is 2.34. The minimum atomic E-state index is -0.791. The van der Waals surface area contributed by atoms with Gasteiger partial charge in [-0.2, -0.15) is 5.10 Å². The molecule has 0 aliphatic rings. The predicted molar refractivity (Wildman–Crippen MR) is 141 cm³/mol. The molecule has 0 aliphatic carbocycles. The number of H-pyrrole nitrogens is 1. The first kappa shape index (κ1) is 24.4. The number of ether oxygens (including phenoxy) is 1. The van der Waals surface area contributed by atoms with Crippen molar-refractivity contribution in [2.45, 2.75) is 46.8 Å². The van der Waals surface area contributed by atoms with Crippen LogP contribution in [0.5, 0.6) is 5.75 Å². The van der Waals surface area contributed by atoms with Crippen LogP contribution < -0.4 is 10.3 Å². The van der Waals surface area contributed by atoms with Crippen LogP contribution in [0.3, 0.4) is 0 Å². The number of nitrogens with one attached hydrogen (secondary N) is 1. The predicted octanol–water partition coefficient (Wildman–Crippen LogP) is 5.52. The van der Waals surface area contributed by atoms with E-state index in [2.05, 4.69) is 28.2 Å². The Balaban J connectivity index is 1.50. The maximum absolute atomic E-state index is 13.8. The van der Waals surface area contributed by atoms with Gasteiger partial charge >= 0.3 is 0 Å². The van der Waals surface area contributed by atoms with Gasteiger partial charge in [-0.3, -0.25) is 14.9 Å². The third-order valence-corrected chi connectivity index (χ3v) is 6.48. The average Bonchev–Trinajstić information content (AvgIpc) is 3.34. The number of halogens is 1. The van der Waals surface area contributed by atoms with Crippen molar-refractivity contribution < 1.29 is 9.13 Å². The van der Waals surface area contributed by atoms with E-state index in [9.17, 15) is 9.18 Å². The number of hydrogen-bond acceptors (Lipinski definition) is 5. The summed E-state index contributed by atoms with van der Waals surface area (Å²) in [7, 11) is 0. The van der Waals surface area contributed by atoms with Crippen molar-refractivity contribution in [2.24, 2.45) is 0 Å². The molecule has 4 heterocycles. The topological polar surface area (TPSA) is 85.7 Å². The van der Waals surface area contributed by atoms with Crippen molar-refractivity contribution in [3.63, 3.8) is 0 Å². The molecule has 37 heavy (non-hydrogen) atoms. The molecule has 0 atom stereocenters. The van der Waals surface area contributed by atoms with E-state index >= 15 is 0 Å². The van der Waals surface area contributed by atoms with Gasteiger partial charge in [-0.15, -0.1) is 0 Å².